The van der Waals surface area contributed by atoms with Crippen LogP contribution in [0.4, 0.5) is 0 Å². The molecule has 1 heterocycles. The van der Waals surface area contributed by atoms with Crippen molar-refractivity contribution in [2.45, 2.75) is 6.42 Å². The fourth-order valence-electron chi connectivity index (χ4n) is 1.61. The number of hydrogen-bond acceptors (Lipinski definition) is 2. The summed E-state index contributed by atoms with van der Waals surface area (Å²) in [6.45, 7) is 0. The summed E-state index contributed by atoms with van der Waals surface area (Å²) in [6, 6.07) is 6.23. The van der Waals surface area contributed by atoms with Crippen LogP contribution in [0, 0.1) is 0 Å². The number of H-pyrrole nitrogens is 1. The number of benzene rings is 1. The van der Waals surface area contributed by atoms with E-state index in [0.717, 1.165) is 0 Å². The zero-order valence-electron chi connectivity index (χ0n) is 8.16. The number of hydrogen-bond donors (Lipinski definition) is 2. The molecular weight excluding hydrogens is 230 g/mol. The predicted molar refractivity (Wildman–Crippen MR) is 60.9 cm³/mol. The number of pyridine rings is 1. The van der Waals surface area contributed by atoms with Gasteiger partial charge in [0, 0.05) is 22.0 Å². The molecule has 0 radical (unpaired) electrons. The Balaban J connectivity index is 2.74. The van der Waals surface area contributed by atoms with Crippen LogP contribution in [0.3, 0.4) is 0 Å². The minimum absolute atomic E-state index is 0.194. The predicted octanol–water partition coefficient (Wildman–Crippen LogP) is 1.81. The van der Waals surface area contributed by atoms with Crippen molar-refractivity contribution in [2.75, 3.05) is 0 Å². The summed E-state index contributed by atoms with van der Waals surface area (Å²) in [5.74, 6) is -0.980. The molecule has 2 rings (SSSR count). The number of nitrogens with one attached hydrogen (secondary N) is 1. The topological polar surface area (TPSA) is 70.2 Å². The first-order valence-corrected chi connectivity index (χ1v) is 4.97. The molecule has 0 aliphatic carbocycles. The summed E-state index contributed by atoms with van der Waals surface area (Å²) >= 11 is 5.83. The Hall–Kier alpha value is -1.81. The largest absolute Gasteiger partial charge is 0.481 e. The smallest absolute Gasteiger partial charge is 0.307 e. The number of halogens is 1. The first kappa shape index (κ1) is 10.7. The number of aromatic amines is 1. The molecule has 16 heavy (non-hydrogen) atoms. The van der Waals surface area contributed by atoms with Gasteiger partial charge in [0.05, 0.1) is 6.42 Å². The maximum Gasteiger partial charge on any atom is 0.307 e. The van der Waals surface area contributed by atoms with Crippen LogP contribution in [0.2, 0.25) is 5.02 Å². The van der Waals surface area contributed by atoms with Gasteiger partial charge in [-0.1, -0.05) is 11.6 Å². The molecule has 2 aromatic rings. The summed E-state index contributed by atoms with van der Waals surface area (Å²) in [4.78, 5) is 24.6. The molecule has 0 saturated heterocycles. The summed E-state index contributed by atoms with van der Waals surface area (Å²) in [5.41, 5.74) is 0.743. The van der Waals surface area contributed by atoms with Gasteiger partial charge in [-0.2, -0.15) is 0 Å². The normalized spacial score (nSPS) is 10.6. The molecule has 0 aliphatic heterocycles. The van der Waals surface area contributed by atoms with Crippen LogP contribution >= 0.6 is 11.6 Å². The van der Waals surface area contributed by atoms with Crippen LogP contribution in [-0.2, 0) is 11.2 Å². The molecule has 0 saturated carbocycles. The second kappa shape index (κ2) is 3.98. The molecule has 0 spiro atoms. The minimum Gasteiger partial charge on any atom is -0.481 e. The van der Waals surface area contributed by atoms with Gasteiger partial charge in [0.2, 0.25) is 5.56 Å². The van der Waals surface area contributed by atoms with Crippen LogP contribution in [0.5, 0.6) is 0 Å². The van der Waals surface area contributed by atoms with E-state index >= 15 is 0 Å². The zero-order valence-corrected chi connectivity index (χ0v) is 8.91. The average molecular weight is 238 g/mol. The van der Waals surface area contributed by atoms with Crippen molar-refractivity contribution in [3.63, 3.8) is 0 Å². The third-order valence-corrected chi connectivity index (χ3v) is 2.47. The highest BCUT2D eigenvalue weighted by molar-refractivity contribution is 6.31. The molecule has 0 bridgehead atoms. The second-order valence-electron chi connectivity index (χ2n) is 3.42. The third kappa shape index (κ3) is 2.06. The van der Waals surface area contributed by atoms with E-state index in [9.17, 15) is 9.59 Å². The maximum absolute atomic E-state index is 11.3. The van der Waals surface area contributed by atoms with E-state index in [2.05, 4.69) is 4.98 Å². The number of rotatable bonds is 2. The SMILES string of the molecule is O=C(O)Cc1cc(=O)[nH]c2ccc(Cl)cc12. The van der Waals surface area contributed by atoms with Gasteiger partial charge >= 0.3 is 5.97 Å². The molecule has 0 unspecified atom stereocenters. The van der Waals surface area contributed by atoms with Crippen molar-refractivity contribution < 1.29 is 9.90 Å². The number of aromatic nitrogens is 1. The lowest BCUT2D eigenvalue weighted by Crippen LogP contribution is -2.09. The molecule has 1 aromatic carbocycles. The number of carbonyl (C=O) groups is 1. The Bertz CT molecular complexity index is 618. The van der Waals surface area contributed by atoms with Gasteiger partial charge in [0.1, 0.15) is 0 Å². The second-order valence-corrected chi connectivity index (χ2v) is 3.86. The summed E-state index contributed by atoms with van der Waals surface area (Å²) in [7, 11) is 0. The van der Waals surface area contributed by atoms with Gasteiger partial charge in [-0.05, 0) is 23.8 Å². The number of fused-ring (bicyclic) bond motifs is 1. The van der Waals surface area contributed by atoms with E-state index in [-0.39, 0.29) is 12.0 Å². The first-order chi connectivity index (χ1) is 7.56. The monoisotopic (exact) mass is 237 g/mol. The highest BCUT2D eigenvalue weighted by Crippen LogP contribution is 2.20. The van der Waals surface area contributed by atoms with Crippen LogP contribution in [0.15, 0.2) is 29.1 Å². The average Bonchev–Trinajstić information content (AvgIpc) is 2.18. The minimum atomic E-state index is -0.980. The van der Waals surface area contributed by atoms with Gasteiger partial charge in [0.15, 0.2) is 0 Å². The van der Waals surface area contributed by atoms with Crippen molar-refractivity contribution in [1.82, 2.24) is 4.98 Å². The van der Waals surface area contributed by atoms with Crippen molar-refractivity contribution in [3.8, 4) is 0 Å². The molecule has 0 atom stereocenters. The highest BCUT2D eigenvalue weighted by atomic mass is 35.5. The van der Waals surface area contributed by atoms with E-state index in [0.29, 0.717) is 21.5 Å². The molecule has 4 nitrogen and oxygen atoms in total. The van der Waals surface area contributed by atoms with E-state index < -0.39 is 5.97 Å². The van der Waals surface area contributed by atoms with Crippen molar-refractivity contribution in [3.05, 3.63) is 45.2 Å². The lowest BCUT2D eigenvalue weighted by atomic mass is 10.1. The third-order valence-electron chi connectivity index (χ3n) is 2.23. The Labute approximate surface area is 95.5 Å². The van der Waals surface area contributed by atoms with Gasteiger partial charge < -0.3 is 10.1 Å². The number of carboxylic acid groups (broad SMARTS) is 1. The molecule has 0 fully saturated rings. The molecule has 0 amide bonds. The lowest BCUT2D eigenvalue weighted by molar-refractivity contribution is -0.136. The van der Waals surface area contributed by atoms with Gasteiger partial charge in [-0.15, -0.1) is 0 Å². The Kier molecular flexibility index (Phi) is 2.66. The number of aliphatic carboxylic acids is 1. The zero-order chi connectivity index (χ0) is 11.7. The lowest BCUT2D eigenvalue weighted by Gasteiger charge is -2.04. The van der Waals surface area contributed by atoms with E-state index in [1.165, 1.54) is 6.07 Å². The highest BCUT2D eigenvalue weighted by Gasteiger charge is 2.07. The van der Waals surface area contributed by atoms with Crippen LogP contribution in [0.1, 0.15) is 5.56 Å². The molecule has 0 aliphatic rings. The molecule has 5 heteroatoms. The van der Waals surface area contributed by atoms with Crippen molar-refractivity contribution in [2.24, 2.45) is 0 Å². The van der Waals surface area contributed by atoms with Gasteiger partial charge in [-0.3, -0.25) is 9.59 Å². The molecule has 82 valence electrons. The van der Waals surface area contributed by atoms with E-state index in [1.807, 2.05) is 0 Å². The van der Waals surface area contributed by atoms with Gasteiger partial charge in [-0.25, -0.2) is 0 Å². The standard InChI is InChI=1S/C11H8ClNO3/c12-7-1-2-9-8(5-7)6(4-11(15)16)3-10(14)13-9/h1-3,5H,4H2,(H,13,14)(H,15,16). The van der Waals surface area contributed by atoms with Crippen molar-refractivity contribution in [1.29, 1.82) is 0 Å². The summed E-state index contributed by atoms with van der Waals surface area (Å²) in [6.07, 6.45) is -0.194. The molecule has 2 N–H and O–H groups in total. The fraction of sp³-hybridized carbons (Fsp3) is 0.0909. The fourth-order valence-corrected chi connectivity index (χ4v) is 1.78. The molecular formula is C11H8ClNO3. The van der Waals surface area contributed by atoms with Crippen LogP contribution in [-0.4, -0.2) is 16.1 Å². The van der Waals surface area contributed by atoms with Crippen LogP contribution in [0.25, 0.3) is 10.9 Å². The van der Waals surface area contributed by atoms with E-state index in [1.54, 1.807) is 18.2 Å². The summed E-state index contributed by atoms with van der Waals surface area (Å²) < 4.78 is 0. The number of carboxylic acids is 1. The summed E-state index contributed by atoms with van der Waals surface area (Å²) in [5, 5.41) is 9.91. The van der Waals surface area contributed by atoms with Crippen LogP contribution < -0.4 is 5.56 Å². The Morgan fingerprint density at radius 1 is 1.38 bits per heavy atom. The first-order valence-electron chi connectivity index (χ1n) is 4.59. The maximum atomic E-state index is 11.3. The Morgan fingerprint density at radius 3 is 2.81 bits per heavy atom. The van der Waals surface area contributed by atoms with E-state index in [4.69, 9.17) is 16.7 Å². The van der Waals surface area contributed by atoms with Crippen molar-refractivity contribution >= 4 is 28.5 Å². The molecule has 1 aromatic heterocycles. The Morgan fingerprint density at radius 2 is 2.12 bits per heavy atom. The van der Waals surface area contributed by atoms with Gasteiger partial charge in [0.25, 0.3) is 0 Å². The quantitative estimate of drug-likeness (QED) is 0.837.